The summed E-state index contributed by atoms with van der Waals surface area (Å²) in [5.74, 6) is 2.16. The lowest BCUT2D eigenvalue weighted by atomic mass is 9.77. The maximum atomic E-state index is 5.15. The van der Waals surface area contributed by atoms with Crippen molar-refractivity contribution in [2.24, 2.45) is 0 Å². The Morgan fingerprint density at radius 2 is 1.06 bits per heavy atom. The molecule has 0 bridgehead atoms. The van der Waals surface area contributed by atoms with Gasteiger partial charge in [-0.2, -0.15) is 0 Å². The van der Waals surface area contributed by atoms with E-state index in [4.69, 9.17) is 15.0 Å². The highest BCUT2D eigenvalue weighted by Crippen LogP contribution is 2.42. The average molecular weight is 652 g/mol. The van der Waals surface area contributed by atoms with E-state index in [1.54, 1.807) is 12.5 Å². The first-order valence-electron chi connectivity index (χ1n) is 17.1. The van der Waals surface area contributed by atoms with E-state index in [2.05, 4.69) is 112 Å². The Balaban J connectivity index is 1.41. The van der Waals surface area contributed by atoms with Gasteiger partial charge in [0.25, 0.3) is 0 Å². The average Bonchev–Trinajstić information content (AvgIpc) is 3.12. The molecule has 0 aliphatic carbocycles. The molecule has 5 aromatic carbocycles. The SMILES string of the molecule is Cc1cc(C)c(C(c2ccc(N(c3ccncn3)c3cc(-c4ccccc4)nc(-c4ccccc4)n3)cc2)c2c(C)cc(C)cc2C)c(C)c1. The molecule has 0 atom stereocenters. The topological polar surface area (TPSA) is 54.8 Å². The van der Waals surface area contributed by atoms with Crippen molar-refractivity contribution in [2.45, 2.75) is 47.5 Å². The summed E-state index contributed by atoms with van der Waals surface area (Å²) in [5.41, 5.74) is 15.5. The Hall–Kier alpha value is -5.94. The van der Waals surface area contributed by atoms with E-state index >= 15 is 0 Å². The number of aromatic nitrogens is 4. The standard InChI is InChI=1S/C45H41N5/c1-29-23-31(3)42(32(4)24-29)44(43-33(5)25-30(2)26-34(43)6)36-17-19-38(20-18-36)50(40-21-22-46-28-47-40)41-27-39(35-13-9-7-10-14-35)48-45(49-41)37-15-11-8-12-16-37/h7-28,44H,1-6H3. The van der Waals surface area contributed by atoms with Crippen molar-refractivity contribution in [3.63, 3.8) is 0 Å². The van der Waals surface area contributed by atoms with Gasteiger partial charge >= 0.3 is 0 Å². The Morgan fingerprint density at radius 3 is 1.58 bits per heavy atom. The molecule has 246 valence electrons. The number of nitrogens with zero attached hydrogens (tertiary/aromatic N) is 5. The maximum absolute atomic E-state index is 5.15. The molecule has 0 aliphatic heterocycles. The Bertz CT molecular complexity index is 2100. The Morgan fingerprint density at radius 1 is 0.520 bits per heavy atom. The highest BCUT2D eigenvalue weighted by molar-refractivity contribution is 5.77. The molecule has 7 aromatic rings. The van der Waals surface area contributed by atoms with Gasteiger partial charge in [-0.25, -0.2) is 19.9 Å². The number of aryl methyl sites for hydroxylation is 6. The van der Waals surface area contributed by atoms with Crippen LogP contribution in [0.25, 0.3) is 22.6 Å². The second kappa shape index (κ2) is 13.9. The summed E-state index contributed by atoms with van der Waals surface area (Å²) in [6, 6.07) is 42.5. The molecule has 0 saturated heterocycles. The summed E-state index contributed by atoms with van der Waals surface area (Å²) in [4.78, 5) is 21.2. The van der Waals surface area contributed by atoms with E-state index in [-0.39, 0.29) is 5.92 Å². The van der Waals surface area contributed by atoms with Gasteiger partial charge in [0.15, 0.2) is 5.82 Å². The molecule has 0 fully saturated rings. The van der Waals surface area contributed by atoms with E-state index < -0.39 is 0 Å². The van der Waals surface area contributed by atoms with Crippen LogP contribution < -0.4 is 4.90 Å². The predicted octanol–water partition coefficient (Wildman–Crippen LogP) is 11.1. The van der Waals surface area contributed by atoms with Crippen molar-refractivity contribution < 1.29 is 0 Å². The Kier molecular flexibility index (Phi) is 9.05. The fourth-order valence-corrected chi connectivity index (χ4v) is 7.41. The summed E-state index contributed by atoms with van der Waals surface area (Å²) in [6.07, 6.45) is 3.35. The molecule has 0 aliphatic rings. The van der Waals surface area contributed by atoms with Gasteiger partial charge in [0.1, 0.15) is 18.0 Å². The molecule has 50 heavy (non-hydrogen) atoms. The van der Waals surface area contributed by atoms with Crippen molar-refractivity contribution in [1.82, 2.24) is 19.9 Å². The van der Waals surface area contributed by atoms with Crippen LogP contribution in [0.4, 0.5) is 17.3 Å². The van der Waals surface area contributed by atoms with Crippen LogP contribution >= 0.6 is 0 Å². The molecule has 0 unspecified atom stereocenters. The molecule has 2 heterocycles. The molecule has 0 amide bonds. The molecule has 5 heteroatoms. The quantitative estimate of drug-likeness (QED) is 0.153. The summed E-state index contributed by atoms with van der Waals surface area (Å²) >= 11 is 0. The van der Waals surface area contributed by atoms with Gasteiger partial charge in [-0.05, 0) is 98.7 Å². The van der Waals surface area contributed by atoms with E-state index in [9.17, 15) is 0 Å². The number of hydrogen-bond donors (Lipinski definition) is 0. The van der Waals surface area contributed by atoms with Gasteiger partial charge in [0.2, 0.25) is 0 Å². The molecular formula is C45H41N5. The fourth-order valence-electron chi connectivity index (χ4n) is 7.41. The lowest BCUT2D eigenvalue weighted by Gasteiger charge is -2.28. The monoisotopic (exact) mass is 651 g/mol. The third-order valence-electron chi connectivity index (χ3n) is 9.38. The van der Waals surface area contributed by atoms with Crippen LogP contribution in [0, 0.1) is 41.5 Å². The highest BCUT2D eigenvalue weighted by Gasteiger charge is 2.26. The third kappa shape index (κ3) is 6.55. The number of anilines is 3. The zero-order valence-electron chi connectivity index (χ0n) is 29.5. The first-order chi connectivity index (χ1) is 24.3. The summed E-state index contributed by atoms with van der Waals surface area (Å²) in [7, 11) is 0. The molecule has 0 N–H and O–H groups in total. The van der Waals surface area contributed by atoms with Crippen molar-refractivity contribution in [2.75, 3.05) is 4.90 Å². The number of hydrogen-bond acceptors (Lipinski definition) is 5. The molecule has 0 spiro atoms. The summed E-state index contributed by atoms with van der Waals surface area (Å²) < 4.78 is 0. The zero-order chi connectivity index (χ0) is 34.8. The third-order valence-corrected chi connectivity index (χ3v) is 9.38. The van der Waals surface area contributed by atoms with Crippen LogP contribution in [0.5, 0.6) is 0 Å². The van der Waals surface area contributed by atoms with E-state index in [1.165, 1.54) is 50.1 Å². The molecule has 5 nitrogen and oxygen atoms in total. The van der Waals surface area contributed by atoms with Crippen molar-refractivity contribution in [3.8, 4) is 22.6 Å². The first kappa shape index (κ1) is 32.6. The van der Waals surface area contributed by atoms with Gasteiger partial charge in [-0.3, -0.25) is 4.90 Å². The minimum absolute atomic E-state index is 0.0752. The van der Waals surface area contributed by atoms with Gasteiger partial charge in [-0.1, -0.05) is 108 Å². The molecular weight excluding hydrogens is 611 g/mol. The maximum Gasteiger partial charge on any atom is 0.162 e. The van der Waals surface area contributed by atoms with Crippen molar-refractivity contribution in [1.29, 1.82) is 0 Å². The first-order valence-corrected chi connectivity index (χ1v) is 17.1. The smallest absolute Gasteiger partial charge is 0.162 e. The summed E-state index contributed by atoms with van der Waals surface area (Å²) in [5, 5.41) is 0. The van der Waals surface area contributed by atoms with Gasteiger partial charge in [0, 0.05) is 35.0 Å². The molecule has 0 radical (unpaired) electrons. The molecule has 0 saturated carbocycles. The lowest BCUT2D eigenvalue weighted by Crippen LogP contribution is -2.15. The minimum atomic E-state index is 0.0752. The van der Waals surface area contributed by atoms with E-state index in [0.717, 1.165) is 34.1 Å². The minimum Gasteiger partial charge on any atom is -0.279 e. The number of rotatable bonds is 8. The fraction of sp³-hybridized carbons (Fsp3) is 0.156. The zero-order valence-corrected chi connectivity index (χ0v) is 29.5. The van der Waals surface area contributed by atoms with Crippen LogP contribution in [0.15, 0.2) is 134 Å². The van der Waals surface area contributed by atoms with Crippen molar-refractivity contribution >= 4 is 17.3 Å². The molecule has 7 rings (SSSR count). The Labute approximate surface area is 295 Å². The molecule has 2 aromatic heterocycles. The van der Waals surface area contributed by atoms with Crippen molar-refractivity contribution in [3.05, 3.63) is 184 Å². The van der Waals surface area contributed by atoms with Gasteiger partial charge in [0.05, 0.1) is 5.69 Å². The van der Waals surface area contributed by atoms with Crippen LogP contribution in [0.3, 0.4) is 0 Å². The lowest BCUT2D eigenvalue weighted by molar-refractivity contribution is 0.919. The highest BCUT2D eigenvalue weighted by atomic mass is 15.3. The van der Waals surface area contributed by atoms with Crippen LogP contribution in [-0.4, -0.2) is 19.9 Å². The number of benzene rings is 5. The van der Waals surface area contributed by atoms with Crippen LogP contribution in [0.1, 0.15) is 56.0 Å². The predicted molar refractivity (Wildman–Crippen MR) is 205 cm³/mol. The second-order valence-corrected chi connectivity index (χ2v) is 13.2. The van der Waals surface area contributed by atoms with Gasteiger partial charge < -0.3 is 0 Å². The normalized spacial score (nSPS) is 11.2. The van der Waals surface area contributed by atoms with Crippen LogP contribution in [-0.2, 0) is 0 Å². The second-order valence-electron chi connectivity index (χ2n) is 13.2. The largest absolute Gasteiger partial charge is 0.279 e. The van der Waals surface area contributed by atoms with Gasteiger partial charge in [-0.15, -0.1) is 0 Å². The van der Waals surface area contributed by atoms with Crippen LogP contribution in [0.2, 0.25) is 0 Å². The summed E-state index contributed by atoms with van der Waals surface area (Å²) in [6.45, 7) is 13.3. The van der Waals surface area contributed by atoms with E-state index in [0.29, 0.717) is 5.82 Å². The van der Waals surface area contributed by atoms with E-state index in [1.807, 2.05) is 60.7 Å².